The van der Waals surface area contributed by atoms with Crippen molar-refractivity contribution in [3.05, 3.63) is 23.3 Å². The monoisotopic (exact) mass is 268 g/mol. The van der Waals surface area contributed by atoms with E-state index in [1.54, 1.807) is 14.2 Å². The van der Waals surface area contributed by atoms with Gasteiger partial charge in [0.1, 0.15) is 11.5 Å². The van der Waals surface area contributed by atoms with Gasteiger partial charge in [-0.1, -0.05) is 0 Å². The molecular weight excluding hydrogens is 248 g/mol. The molecule has 0 saturated carbocycles. The van der Waals surface area contributed by atoms with Gasteiger partial charge in [-0.25, -0.2) is 0 Å². The van der Waals surface area contributed by atoms with E-state index in [4.69, 9.17) is 14.2 Å². The van der Waals surface area contributed by atoms with E-state index < -0.39 is 0 Å². The summed E-state index contributed by atoms with van der Waals surface area (Å²) in [6.45, 7) is 3.59. The predicted molar refractivity (Wildman–Crippen MR) is 75.3 cm³/mol. The third-order valence-electron chi connectivity index (χ3n) is 3.61. The summed E-state index contributed by atoms with van der Waals surface area (Å²) in [5, 5.41) is 0. The van der Waals surface area contributed by atoms with Crippen molar-refractivity contribution in [2.24, 2.45) is 0 Å². The number of ether oxygens (including phenoxy) is 3. The summed E-state index contributed by atoms with van der Waals surface area (Å²) in [6, 6.07) is 4.00. The van der Waals surface area contributed by atoms with Gasteiger partial charge >= 0.3 is 0 Å². The highest BCUT2D eigenvalue weighted by Crippen LogP contribution is 2.44. The molecule has 0 spiro atoms. The first-order valence-electron chi connectivity index (χ1n) is 6.08. The van der Waals surface area contributed by atoms with Crippen LogP contribution in [0.25, 0.3) is 0 Å². The van der Waals surface area contributed by atoms with Crippen LogP contribution in [0.3, 0.4) is 0 Å². The third-order valence-corrected chi connectivity index (χ3v) is 3.83. The molecule has 0 N–H and O–H groups in total. The van der Waals surface area contributed by atoms with Crippen LogP contribution < -0.4 is 9.47 Å². The molecule has 0 aliphatic carbocycles. The molecule has 0 atom stereocenters. The van der Waals surface area contributed by atoms with Gasteiger partial charge in [-0.2, -0.15) is 12.6 Å². The summed E-state index contributed by atoms with van der Waals surface area (Å²) in [5.41, 5.74) is 2.49. The maximum absolute atomic E-state index is 5.54. The number of hydrogen-bond acceptors (Lipinski definition) is 4. The van der Waals surface area contributed by atoms with E-state index in [1.165, 1.54) is 11.1 Å². The van der Waals surface area contributed by atoms with E-state index >= 15 is 0 Å². The first-order valence-corrected chi connectivity index (χ1v) is 6.72. The van der Waals surface area contributed by atoms with E-state index in [1.807, 2.05) is 6.07 Å². The number of methoxy groups -OCH3 is 2. The van der Waals surface area contributed by atoms with Crippen molar-refractivity contribution in [1.82, 2.24) is 0 Å². The minimum atomic E-state index is 0.0590. The molecule has 2 rings (SSSR count). The van der Waals surface area contributed by atoms with E-state index in [0.717, 1.165) is 36.9 Å². The van der Waals surface area contributed by atoms with Gasteiger partial charge in [0.15, 0.2) is 0 Å². The number of hydrogen-bond donors (Lipinski definition) is 1. The fourth-order valence-corrected chi connectivity index (χ4v) is 3.09. The van der Waals surface area contributed by atoms with Crippen LogP contribution in [-0.4, -0.2) is 33.2 Å². The third kappa shape index (κ3) is 2.19. The van der Waals surface area contributed by atoms with Crippen LogP contribution in [0.2, 0.25) is 0 Å². The van der Waals surface area contributed by atoms with E-state index in [9.17, 15) is 0 Å². The molecule has 1 saturated heterocycles. The lowest BCUT2D eigenvalue weighted by Crippen LogP contribution is -2.47. The van der Waals surface area contributed by atoms with Gasteiger partial charge in [-0.3, -0.25) is 0 Å². The molecule has 1 aliphatic rings. The van der Waals surface area contributed by atoms with Crippen LogP contribution in [0.1, 0.15) is 17.5 Å². The second-order valence-corrected chi connectivity index (χ2v) is 5.22. The Labute approximate surface area is 114 Å². The predicted octanol–water partition coefficient (Wildman–Crippen LogP) is 2.60. The number of aryl methyl sites for hydroxylation is 1. The Balaban J connectivity index is 2.48. The van der Waals surface area contributed by atoms with Crippen molar-refractivity contribution >= 4 is 12.6 Å². The van der Waals surface area contributed by atoms with Crippen molar-refractivity contribution in [2.75, 3.05) is 33.2 Å². The summed E-state index contributed by atoms with van der Waals surface area (Å²) in [7, 11) is 3.37. The molecule has 0 aromatic heterocycles. The van der Waals surface area contributed by atoms with Crippen LogP contribution in [0.4, 0.5) is 0 Å². The van der Waals surface area contributed by atoms with Crippen LogP contribution in [0.15, 0.2) is 12.1 Å². The highest BCUT2D eigenvalue weighted by molar-refractivity contribution is 7.80. The highest BCUT2D eigenvalue weighted by Gasteiger charge is 2.42. The van der Waals surface area contributed by atoms with Gasteiger partial charge in [0.2, 0.25) is 0 Å². The molecule has 1 aromatic carbocycles. The van der Waals surface area contributed by atoms with Gasteiger partial charge < -0.3 is 14.2 Å². The fraction of sp³-hybridized carbons (Fsp3) is 0.571. The quantitative estimate of drug-likeness (QED) is 0.832. The molecule has 1 aliphatic heterocycles. The molecule has 0 unspecified atom stereocenters. The second-order valence-electron chi connectivity index (χ2n) is 4.77. The Bertz CT molecular complexity index is 427. The molecule has 0 amide bonds. The SMILES string of the molecule is COc1cc(C)c(C2(CCS)COC2)c(OC)c1. The zero-order chi connectivity index (χ0) is 13.2. The Morgan fingerprint density at radius 1 is 1.28 bits per heavy atom. The lowest BCUT2D eigenvalue weighted by molar-refractivity contribution is -0.0626. The molecule has 18 heavy (non-hydrogen) atoms. The Kier molecular flexibility index (Phi) is 4.07. The number of rotatable bonds is 5. The molecule has 1 heterocycles. The van der Waals surface area contributed by atoms with Gasteiger partial charge in [0.25, 0.3) is 0 Å². The molecule has 0 radical (unpaired) electrons. The van der Waals surface area contributed by atoms with Crippen LogP contribution in [0.5, 0.6) is 11.5 Å². The lowest BCUT2D eigenvalue weighted by atomic mass is 9.74. The number of benzene rings is 1. The van der Waals surface area contributed by atoms with E-state index in [-0.39, 0.29) is 5.41 Å². The summed E-state index contributed by atoms with van der Waals surface area (Å²) in [5.74, 6) is 2.56. The van der Waals surface area contributed by atoms with Crippen molar-refractivity contribution in [3.63, 3.8) is 0 Å². The van der Waals surface area contributed by atoms with Crippen molar-refractivity contribution in [1.29, 1.82) is 0 Å². The smallest absolute Gasteiger partial charge is 0.126 e. The van der Waals surface area contributed by atoms with Crippen molar-refractivity contribution in [2.45, 2.75) is 18.8 Å². The second kappa shape index (κ2) is 5.41. The molecular formula is C14H20O3S. The normalized spacial score (nSPS) is 17.1. The zero-order valence-electron chi connectivity index (χ0n) is 11.2. The van der Waals surface area contributed by atoms with Crippen LogP contribution in [-0.2, 0) is 10.2 Å². The molecule has 4 heteroatoms. The van der Waals surface area contributed by atoms with Gasteiger partial charge in [-0.15, -0.1) is 0 Å². The topological polar surface area (TPSA) is 27.7 Å². The summed E-state index contributed by atoms with van der Waals surface area (Å²) in [4.78, 5) is 0. The first kappa shape index (κ1) is 13.6. The van der Waals surface area contributed by atoms with Gasteiger partial charge in [-0.05, 0) is 30.7 Å². The van der Waals surface area contributed by atoms with Gasteiger partial charge in [0, 0.05) is 17.0 Å². The average Bonchev–Trinajstić information content (AvgIpc) is 2.33. The average molecular weight is 268 g/mol. The van der Waals surface area contributed by atoms with Crippen molar-refractivity contribution < 1.29 is 14.2 Å². The Hall–Kier alpha value is -0.870. The fourth-order valence-electron chi connectivity index (χ4n) is 2.66. The first-order chi connectivity index (χ1) is 8.66. The standard InChI is InChI=1S/C14H20O3S/c1-10-6-11(15-2)7-12(16-3)13(10)14(4-5-18)8-17-9-14/h6-7,18H,4-5,8-9H2,1-3H3. The zero-order valence-corrected chi connectivity index (χ0v) is 12.0. The minimum Gasteiger partial charge on any atom is -0.497 e. The molecule has 100 valence electrons. The highest BCUT2D eigenvalue weighted by atomic mass is 32.1. The van der Waals surface area contributed by atoms with Crippen LogP contribution >= 0.6 is 12.6 Å². The molecule has 3 nitrogen and oxygen atoms in total. The van der Waals surface area contributed by atoms with E-state index in [2.05, 4.69) is 25.6 Å². The summed E-state index contributed by atoms with van der Waals surface area (Å²) < 4.78 is 16.3. The van der Waals surface area contributed by atoms with E-state index in [0.29, 0.717) is 0 Å². The largest absolute Gasteiger partial charge is 0.497 e. The molecule has 0 bridgehead atoms. The maximum Gasteiger partial charge on any atom is 0.126 e. The lowest BCUT2D eigenvalue weighted by Gasteiger charge is -2.43. The number of thiol groups is 1. The Morgan fingerprint density at radius 3 is 2.44 bits per heavy atom. The Morgan fingerprint density at radius 2 is 2.00 bits per heavy atom. The summed E-state index contributed by atoms with van der Waals surface area (Å²) >= 11 is 4.37. The maximum atomic E-state index is 5.54. The van der Waals surface area contributed by atoms with Gasteiger partial charge in [0.05, 0.1) is 27.4 Å². The summed E-state index contributed by atoms with van der Waals surface area (Å²) in [6.07, 6.45) is 1.000. The van der Waals surface area contributed by atoms with Crippen LogP contribution in [0, 0.1) is 6.92 Å². The molecule has 1 aromatic rings. The minimum absolute atomic E-state index is 0.0590. The van der Waals surface area contributed by atoms with Crippen molar-refractivity contribution in [3.8, 4) is 11.5 Å². The molecule has 1 fully saturated rings.